The molecule has 1 aromatic rings. The second-order valence-corrected chi connectivity index (χ2v) is 7.14. The Bertz CT molecular complexity index is 474. The highest BCUT2D eigenvalue weighted by Gasteiger charge is 2.68. The van der Waals surface area contributed by atoms with Gasteiger partial charge in [-0.05, 0) is 61.3 Å². The summed E-state index contributed by atoms with van der Waals surface area (Å²) in [4.78, 5) is 0. The van der Waals surface area contributed by atoms with Crippen LogP contribution in [0, 0.1) is 5.41 Å². The molecule has 0 aliphatic heterocycles. The standard InChI is InChI=1S/C19H24/c1-2-5-9-16(10-6-3-1)18-13-19(14-18,15-18)17-11-7-4-8-12-17/h4,7-9,11-12H,1-3,5-6,10,13-15H2/b16-9+. The lowest BCUT2D eigenvalue weighted by molar-refractivity contribution is -0.112. The first-order valence-electron chi connectivity index (χ1n) is 8.08. The van der Waals surface area contributed by atoms with Crippen LogP contribution in [0.5, 0.6) is 0 Å². The maximum Gasteiger partial charge on any atom is -0.00219 e. The van der Waals surface area contributed by atoms with E-state index in [0.29, 0.717) is 10.8 Å². The molecule has 3 fully saturated rings. The summed E-state index contributed by atoms with van der Waals surface area (Å²) in [5.41, 5.74) is 4.66. The molecule has 100 valence electrons. The van der Waals surface area contributed by atoms with Gasteiger partial charge in [-0.3, -0.25) is 0 Å². The summed E-state index contributed by atoms with van der Waals surface area (Å²) < 4.78 is 0. The topological polar surface area (TPSA) is 0 Å². The molecule has 0 spiro atoms. The zero-order valence-corrected chi connectivity index (χ0v) is 11.8. The maximum atomic E-state index is 2.62. The summed E-state index contributed by atoms with van der Waals surface area (Å²) in [6, 6.07) is 11.2. The Morgan fingerprint density at radius 1 is 0.737 bits per heavy atom. The van der Waals surface area contributed by atoms with E-state index in [9.17, 15) is 0 Å². The Kier molecular flexibility index (Phi) is 2.62. The van der Waals surface area contributed by atoms with Crippen LogP contribution in [0.3, 0.4) is 0 Å². The Labute approximate surface area is 116 Å². The quantitative estimate of drug-likeness (QED) is 0.619. The van der Waals surface area contributed by atoms with Crippen LogP contribution >= 0.6 is 0 Å². The summed E-state index contributed by atoms with van der Waals surface area (Å²) in [5.74, 6) is 0. The van der Waals surface area contributed by atoms with Gasteiger partial charge in [-0.2, -0.15) is 0 Å². The second kappa shape index (κ2) is 4.23. The highest BCUT2D eigenvalue weighted by atomic mass is 14.7. The highest BCUT2D eigenvalue weighted by Crippen LogP contribution is 2.76. The van der Waals surface area contributed by atoms with E-state index >= 15 is 0 Å². The third kappa shape index (κ3) is 1.72. The molecule has 0 nitrogen and oxygen atoms in total. The third-order valence-electron chi connectivity index (χ3n) is 5.89. The van der Waals surface area contributed by atoms with Crippen molar-refractivity contribution in [3.8, 4) is 0 Å². The maximum absolute atomic E-state index is 2.62. The van der Waals surface area contributed by atoms with Crippen LogP contribution in [0.15, 0.2) is 42.0 Å². The molecule has 0 N–H and O–H groups in total. The Hall–Kier alpha value is -1.04. The van der Waals surface area contributed by atoms with E-state index in [0.717, 1.165) is 0 Å². The van der Waals surface area contributed by atoms with Crippen molar-refractivity contribution < 1.29 is 0 Å². The van der Waals surface area contributed by atoms with Gasteiger partial charge in [0.1, 0.15) is 0 Å². The van der Waals surface area contributed by atoms with Gasteiger partial charge >= 0.3 is 0 Å². The van der Waals surface area contributed by atoms with Gasteiger partial charge in [0.15, 0.2) is 0 Å². The van der Waals surface area contributed by atoms with Crippen molar-refractivity contribution >= 4 is 0 Å². The van der Waals surface area contributed by atoms with Gasteiger partial charge in [-0.15, -0.1) is 0 Å². The van der Waals surface area contributed by atoms with E-state index in [1.54, 1.807) is 5.56 Å². The van der Waals surface area contributed by atoms with Gasteiger partial charge in [0.2, 0.25) is 0 Å². The zero-order chi connectivity index (χ0) is 12.8. The minimum Gasteiger partial charge on any atom is -0.0848 e. The molecule has 0 heteroatoms. The molecule has 0 unspecified atom stereocenters. The second-order valence-electron chi connectivity index (χ2n) is 7.14. The predicted octanol–water partition coefficient (Wildman–Crippen LogP) is 5.39. The molecule has 0 atom stereocenters. The van der Waals surface area contributed by atoms with Crippen LogP contribution < -0.4 is 0 Å². The first kappa shape index (κ1) is 11.8. The van der Waals surface area contributed by atoms with Crippen LogP contribution in [0.4, 0.5) is 0 Å². The van der Waals surface area contributed by atoms with E-state index in [1.165, 1.54) is 57.8 Å². The zero-order valence-electron chi connectivity index (χ0n) is 11.8. The lowest BCUT2D eigenvalue weighted by atomic mass is 9.31. The lowest BCUT2D eigenvalue weighted by Crippen LogP contribution is -2.65. The Balaban J connectivity index is 1.50. The number of hydrogen-bond acceptors (Lipinski definition) is 0. The van der Waals surface area contributed by atoms with Crippen LogP contribution in [0.2, 0.25) is 0 Å². The number of allylic oxidation sites excluding steroid dienone is 2. The average molecular weight is 252 g/mol. The van der Waals surface area contributed by atoms with E-state index in [-0.39, 0.29) is 0 Å². The van der Waals surface area contributed by atoms with Crippen LogP contribution in [0.1, 0.15) is 63.4 Å². The normalized spacial score (nSPS) is 40.1. The molecule has 0 amide bonds. The van der Waals surface area contributed by atoms with Gasteiger partial charge < -0.3 is 0 Å². The van der Waals surface area contributed by atoms with Crippen molar-refractivity contribution in [3.63, 3.8) is 0 Å². The van der Waals surface area contributed by atoms with E-state index < -0.39 is 0 Å². The first-order chi connectivity index (χ1) is 9.33. The van der Waals surface area contributed by atoms with E-state index in [1.807, 2.05) is 5.57 Å². The minimum absolute atomic E-state index is 0.574. The number of hydrogen-bond donors (Lipinski definition) is 0. The van der Waals surface area contributed by atoms with Crippen LogP contribution in [-0.2, 0) is 5.41 Å². The Morgan fingerprint density at radius 2 is 1.47 bits per heavy atom. The smallest absolute Gasteiger partial charge is 0.00219 e. The van der Waals surface area contributed by atoms with Crippen molar-refractivity contribution in [1.82, 2.24) is 0 Å². The van der Waals surface area contributed by atoms with Crippen molar-refractivity contribution in [2.24, 2.45) is 5.41 Å². The molecule has 4 aliphatic rings. The molecular weight excluding hydrogens is 228 g/mol. The van der Waals surface area contributed by atoms with Gasteiger partial charge in [-0.1, -0.05) is 54.8 Å². The van der Waals surface area contributed by atoms with Crippen molar-refractivity contribution in [3.05, 3.63) is 47.5 Å². The summed E-state index contributed by atoms with van der Waals surface area (Å²) in [5, 5.41) is 0. The highest BCUT2D eigenvalue weighted by molar-refractivity contribution is 5.44. The minimum atomic E-state index is 0.574. The SMILES string of the molecule is C1=C(/C23CC(c4ccccc4)(C2)C3)CCCCCC/1. The van der Waals surface area contributed by atoms with Gasteiger partial charge in [-0.25, -0.2) is 0 Å². The molecule has 5 rings (SSSR count). The van der Waals surface area contributed by atoms with E-state index in [4.69, 9.17) is 0 Å². The van der Waals surface area contributed by atoms with Crippen LogP contribution in [0.25, 0.3) is 0 Å². The van der Waals surface area contributed by atoms with Crippen molar-refractivity contribution in [2.45, 2.75) is 63.2 Å². The fourth-order valence-corrected chi connectivity index (χ4v) is 4.90. The van der Waals surface area contributed by atoms with Crippen molar-refractivity contribution in [2.75, 3.05) is 0 Å². The fraction of sp³-hybridized carbons (Fsp3) is 0.579. The molecule has 0 heterocycles. The molecule has 4 aliphatic carbocycles. The molecule has 1 aromatic carbocycles. The molecule has 19 heavy (non-hydrogen) atoms. The summed E-state index contributed by atoms with van der Waals surface area (Å²) in [6.07, 6.45) is 15.4. The summed E-state index contributed by atoms with van der Waals surface area (Å²) >= 11 is 0. The largest absolute Gasteiger partial charge is 0.0848 e. The lowest BCUT2D eigenvalue weighted by Gasteiger charge is -2.72. The van der Waals surface area contributed by atoms with Crippen LogP contribution in [-0.4, -0.2) is 0 Å². The monoisotopic (exact) mass is 252 g/mol. The molecular formula is C19H24. The molecule has 0 radical (unpaired) electrons. The fourth-order valence-electron chi connectivity index (χ4n) is 4.90. The number of rotatable bonds is 2. The molecule has 2 bridgehead atoms. The predicted molar refractivity (Wildman–Crippen MR) is 80.2 cm³/mol. The van der Waals surface area contributed by atoms with Gasteiger partial charge in [0.25, 0.3) is 0 Å². The number of benzene rings is 1. The van der Waals surface area contributed by atoms with E-state index in [2.05, 4.69) is 36.4 Å². The Morgan fingerprint density at radius 3 is 2.26 bits per heavy atom. The average Bonchev–Trinajstić information content (AvgIpc) is 2.29. The summed E-state index contributed by atoms with van der Waals surface area (Å²) in [7, 11) is 0. The molecule has 3 saturated carbocycles. The first-order valence-corrected chi connectivity index (χ1v) is 8.08. The molecule has 0 aromatic heterocycles. The van der Waals surface area contributed by atoms with Gasteiger partial charge in [0, 0.05) is 0 Å². The van der Waals surface area contributed by atoms with Crippen molar-refractivity contribution in [1.29, 1.82) is 0 Å². The van der Waals surface area contributed by atoms with Gasteiger partial charge in [0.05, 0.1) is 0 Å². The molecule has 0 saturated heterocycles. The summed E-state index contributed by atoms with van der Waals surface area (Å²) in [6.45, 7) is 0. The third-order valence-corrected chi connectivity index (χ3v) is 5.89.